The monoisotopic (exact) mass is 300 g/mol. The normalized spacial score (nSPS) is 20.9. The highest BCUT2D eigenvalue weighted by atomic mass is 16.3. The van der Waals surface area contributed by atoms with Crippen molar-refractivity contribution in [2.24, 2.45) is 0 Å². The van der Waals surface area contributed by atoms with Crippen molar-refractivity contribution in [1.82, 2.24) is 20.0 Å². The molecule has 0 aromatic heterocycles. The Balaban J connectivity index is 2.22. The van der Waals surface area contributed by atoms with Gasteiger partial charge in [0, 0.05) is 51.4 Å². The van der Waals surface area contributed by atoms with Crippen molar-refractivity contribution in [2.45, 2.75) is 32.2 Å². The third-order valence-corrected chi connectivity index (χ3v) is 4.46. The van der Waals surface area contributed by atoms with Gasteiger partial charge in [-0.05, 0) is 40.4 Å². The van der Waals surface area contributed by atoms with Crippen LogP contribution in [0.5, 0.6) is 0 Å². The van der Waals surface area contributed by atoms with Gasteiger partial charge in [-0.25, -0.2) is 0 Å². The lowest BCUT2D eigenvalue weighted by molar-refractivity contribution is 0.102. The van der Waals surface area contributed by atoms with E-state index in [0.29, 0.717) is 0 Å². The summed E-state index contributed by atoms with van der Waals surface area (Å²) in [6.07, 6.45) is 2.13. The molecule has 0 aromatic carbocycles. The highest BCUT2D eigenvalue weighted by Crippen LogP contribution is 2.11. The molecule has 0 aromatic rings. The molecule has 2 N–H and O–H groups in total. The number of aliphatic hydroxyl groups is 1. The number of likely N-dealkylation sites (N-methyl/N-ethyl adjacent to an activating group) is 1. The molecule has 0 saturated carbocycles. The van der Waals surface area contributed by atoms with Gasteiger partial charge in [-0.2, -0.15) is 0 Å². The molecule has 0 spiro atoms. The number of nitrogens with one attached hydrogen (secondary N) is 1. The zero-order valence-electron chi connectivity index (χ0n) is 14.6. The summed E-state index contributed by atoms with van der Waals surface area (Å²) in [5, 5.41) is 13.1. The predicted molar refractivity (Wildman–Crippen MR) is 89.8 cm³/mol. The van der Waals surface area contributed by atoms with Crippen molar-refractivity contribution in [3.8, 4) is 0 Å². The molecular formula is C16H36N4O. The standard InChI is InChI=1S/C16H36N4O/c1-5-7-17-16(2,15-21)6-8-19-11-13-20(14-12-19)10-9-18(3)4/h17,21H,5-15H2,1-4H3. The van der Waals surface area contributed by atoms with Gasteiger partial charge in [0.05, 0.1) is 6.61 Å². The zero-order chi connectivity index (χ0) is 15.7. The molecule has 1 saturated heterocycles. The number of nitrogens with zero attached hydrogens (tertiary/aromatic N) is 3. The van der Waals surface area contributed by atoms with Crippen LogP contribution in [0.1, 0.15) is 26.7 Å². The third-order valence-electron chi connectivity index (χ3n) is 4.46. The van der Waals surface area contributed by atoms with Gasteiger partial charge in [-0.3, -0.25) is 4.90 Å². The van der Waals surface area contributed by atoms with Crippen molar-refractivity contribution in [3.63, 3.8) is 0 Å². The van der Waals surface area contributed by atoms with Crippen molar-refractivity contribution >= 4 is 0 Å². The fourth-order valence-corrected chi connectivity index (χ4v) is 2.63. The fourth-order valence-electron chi connectivity index (χ4n) is 2.63. The maximum absolute atomic E-state index is 9.61. The fraction of sp³-hybridized carbons (Fsp3) is 1.00. The van der Waals surface area contributed by atoms with Crippen LogP contribution in [0.15, 0.2) is 0 Å². The van der Waals surface area contributed by atoms with Crippen LogP contribution in [0.25, 0.3) is 0 Å². The van der Waals surface area contributed by atoms with Crippen molar-refractivity contribution < 1.29 is 5.11 Å². The van der Waals surface area contributed by atoms with Crippen LogP contribution in [0.2, 0.25) is 0 Å². The molecule has 1 rings (SSSR count). The lowest BCUT2D eigenvalue weighted by Gasteiger charge is -2.37. The Kier molecular flexibility index (Phi) is 8.74. The largest absolute Gasteiger partial charge is 0.394 e. The molecule has 5 nitrogen and oxygen atoms in total. The van der Waals surface area contributed by atoms with Gasteiger partial charge in [0.15, 0.2) is 0 Å². The maximum Gasteiger partial charge on any atom is 0.0611 e. The molecule has 0 bridgehead atoms. The molecular weight excluding hydrogens is 264 g/mol. The SMILES string of the molecule is CCCNC(C)(CO)CCN1CCN(CCN(C)C)CC1. The first-order chi connectivity index (χ1) is 9.99. The van der Waals surface area contributed by atoms with Crippen LogP contribution < -0.4 is 5.32 Å². The van der Waals surface area contributed by atoms with E-state index in [1.165, 1.54) is 19.6 Å². The molecule has 126 valence electrons. The first-order valence-corrected chi connectivity index (χ1v) is 8.44. The van der Waals surface area contributed by atoms with Gasteiger partial charge >= 0.3 is 0 Å². The summed E-state index contributed by atoms with van der Waals surface area (Å²) in [7, 11) is 4.27. The second-order valence-electron chi connectivity index (χ2n) is 6.88. The first kappa shape index (κ1) is 18.8. The van der Waals surface area contributed by atoms with E-state index >= 15 is 0 Å². The average Bonchev–Trinajstić information content (AvgIpc) is 2.50. The summed E-state index contributed by atoms with van der Waals surface area (Å²) < 4.78 is 0. The number of piperazine rings is 1. The van der Waals surface area contributed by atoms with E-state index in [2.05, 4.69) is 48.0 Å². The predicted octanol–water partition coefficient (Wildman–Crippen LogP) is 0.306. The topological polar surface area (TPSA) is 42.0 Å². The minimum Gasteiger partial charge on any atom is -0.394 e. The molecule has 1 fully saturated rings. The van der Waals surface area contributed by atoms with Crippen molar-refractivity contribution in [2.75, 3.05) is 73.1 Å². The van der Waals surface area contributed by atoms with Gasteiger partial charge < -0.3 is 20.2 Å². The molecule has 21 heavy (non-hydrogen) atoms. The molecule has 1 aliphatic rings. The van der Waals surface area contributed by atoms with Crippen LogP contribution >= 0.6 is 0 Å². The van der Waals surface area contributed by atoms with Gasteiger partial charge in [-0.1, -0.05) is 6.92 Å². The molecule has 0 amide bonds. The first-order valence-electron chi connectivity index (χ1n) is 8.44. The summed E-state index contributed by atoms with van der Waals surface area (Å²) in [6.45, 7) is 13.6. The molecule has 5 heteroatoms. The van der Waals surface area contributed by atoms with Crippen LogP contribution in [0.3, 0.4) is 0 Å². The molecule has 1 atom stereocenters. The zero-order valence-corrected chi connectivity index (χ0v) is 14.6. The molecule has 0 aliphatic carbocycles. The second-order valence-corrected chi connectivity index (χ2v) is 6.88. The number of hydrogen-bond acceptors (Lipinski definition) is 5. The Labute approximate surface area is 131 Å². The quantitative estimate of drug-likeness (QED) is 0.608. The Morgan fingerprint density at radius 1 is 1.10 bits per heavy atom. The van der Waals surface area contributed by atoms with Crippen LogP contribution in [-0.4, -0.2) is 98.4 Å². The molecule has 0 radical (unpaired) electrons. The third kappa shape index (κ3) is 7.56. The Hall–Kier alpha value is -0.200. The lowest BCUT2D eigenvalue weighted by Crippen LogP contribution is -2.52. The van der Waals surface area contributed by atoms with Crippen molar-refractivity contribution in [3.05, 3.63) is 0 Å². The minimum absolute atomic E-state index is 0.127. The van der Waals surface area contributed by atoms with Gasteiger partial charge in [0.2, 0.25) is 0 Å². The highest BCUT2D eigenvalue weighted by Gasteiger charge is 2.24. The summed E-state index contributed by atoms with van der Waals surface area (Å²) in [4.78, 5) is 7.34. The number of hydrogen-bond donors (Lipinski definition) is 2. The maximum atomic E-state index is 9.61. The molecule has 1 unspecified atom stereocenters. The average molecular weight is 300 g/mol. The molecule has 1 aliphatic heterocycles. The van der Waals surface area contributed by atoms with E-state index in [1.54, 1.807) is 0 Å². The van der Waals surface area contributed by atoms with E-state index in [9.17, 15) is 5.11 Å². The van der Waals surface area contributed by atoms with E-state index in [-0.39, 0.29) is 12.1 Å². The summed E-state index contributed by atoms with van der Waals surface area (Å²) >= 11 is 0. The van der Waals surface area contributed by atoms with Gasteiger partial charge in [0.1, 0.15) is 0 Å². The number of aliphatic hydroxyl groups excluding tert-OH is 1. The Bertz CT molecular complexity index is 267. The van der Waals surface area contributed by atoms with Crippen LogP contribution in [0, 0.1) is 0 Å². The van der Waals surface area contributed by atoms with Gasteiger partial charge in [0.25, 0.3) is 0 Å². The summed E-state index contributed by atoms with van der Waals surface area (Å²) in [5.41, 5.74) is -0.127. The Morgan fingerprint density at radius 2 is 1.67 bits per heavy atom. The second kappa shape index (κ2) is 9.74. The van der Waals surface area contributed by atoms with E-state index in [0.717, 1.165) is 45.6 Å². The van der Waals surface area contributed by atoms with Crippen molar-refractivity contribution in [1.29, 1.82) is 0 Å². The number of rotatable bonds is 10. The van der Waals surface area contributed by atoms with E-state index in [4.69, 9.17) is 0 Å². The van der Waals surface area contributed by atoms with Crippen LogP contribution in [-0.2, 0) is 0 Å². The minimum atomic E-state index is -0.127. The smallest absolute Gasteiger partial charge is 0.0611 e. The lowest BCUT2D eigenvalue weighted by atomic mass is 9.98. The van der Waals surface area contributed by atoms with E-state index in [1.807, 2.05) is 0 Å². The Morgan fingerprint density at radius 3 is 2.14 bits per heavy atom. The van der Waals surface area contributed by atoms with Crippen LogP contribution in [0.4, 0.5) is 0 Å². The summed E-state index contributed by atoms with van der Waals surface area (Å²) in [5.74, 6) is 0. The highest BCUT2D eigenvalue weighted by molar-refractivity contribution is 4.84. The van der Waals surface area contributed by atoms with E-state index < -0.39 is 0 Å². The summed E-state index contributed by atoms with van der Waals surface area (Å²) in [6, 6.07) is 0. The molecule has 1 heterocycles. The van der Waals surface area contributed by atoms with Gasteiger partial charge in [-0.15, -0.1) is 0 Å².